The summed E-state index contributed by atoms with van der Waals surface area (Å²) in [5.74, 6) is -3.25. The van der Waals surface area contributed by atoms with Crippen LogP contribution in [0.5, 0.6) is 0 Å². The number of hydrogen-bond acceptors (Lipinski definition) is 3. The third-order valence-electron chi connectivity index (χ3n) is 4.12. The number of nitrogens with one attached hydrogen (secondary N) is 1. The lowest BCUT2D eigenvalue weighted by Crippen LogP contribution is -2.30. The van der Waals surface area contributed by atoms with E-state index in [-0.39, 0.29) is 5.56 Å². The monoisotopic (exact) mass is 345 g/mol. The van der Waals surface area contributed by atoms with Crippen LogP contribution in [0.1, 0.15) is 34.8 Å². The van der Waals surface area contributed by atoms with Crippen LogP contribution < -0.4 is 5.32 Å². The van der Waals surface area contributed by atoms with Gasteiger partial charge in [0, 0.05) is 11.8 Å². The molecule has 25 heavy (non-hydrogen) atoms. The Kier molecular flexibility index (Phi) is 4.79. The molecular weight excluding hydrogens is 328 g/mol. The van der Waals surface area contributed by atoms with E-state index >= 15 is 0 Å². The Bertz CT molecular complexity index is 815. The van der Waals surface area contributed by atoms with Crippen molar-refractivity contribution in [1.82, 2.24) is 0 Å². The standard InChI is InChI=1S/C19H17F2NO3/c1-11(25-19(24)14-7-15(20)10-16(21)8-14)18(23)22-17-6-5-12-3-2-4-13(12)9-17/h5-11H,2-4H2,1H3,(H,22,23)/t11-/m1/s1. The van der Waals surface area contributed by atoms with Crippen molar-refractivity contribution in [2.75, 3.05) is 5.32 Å². The smallest absolute Gasteiger partial charge is 0.339 e. The molecule has 1 aliphatic carbocycles. The molecule has 0 aromatic heterocycles. The number of ether oxygens (including phenoxy) is 1. The van der Waals surface area contributed by atoms with Crippen molar-refractivity contribution in [2.45, 2.75) is 32.3 Å². The molecule has 0 saturated carbocycles. The van der Waals surface area contributed by atoms with Gasteiger partial charge in [-0.2, -0.15) is 0 Å². The second-order valence-corrected chi connectivity index (χ2v) is 6.03. The van der Waals surface area contributed by atoms with Gasteiger partial charge in [0.05, 0.1) is 5.56 Å². The molecule has 6 heteroatoms. The van der Waals surface area contributed by atoms with Crippen molar-refractivity contribution < 1.29 is 23.1 Å². The highest BCUT2D eigenvalue weighted by Crippen LogP contribution is 2.25. The van der Waals surface area contributed by atoms with E-state index in [4.69, 9.17) is 4.74 Å². The molecule has 0 heterocycles. The highest BCUT2D eigenvalue weighted by Gasteiger charge is 2.20. The Morgan fingerprint density at radius 3 is 2.44 bits per heavy atom. The molecule has 1 N–H and O–H groups in total. The molecule has 0 bridgehead atoms. The summed E-state index contributed by atoms with van der Waals surface area (Å²) < 4.78 is 31.3. The van der Waals surface area contributed by atoms with E-state index in [1.54, 1.807) is 6.07 Å². The first-order valence-corrected chi connectivity index (χ1v) is 8.02. The van der Waals surface area contributed by atoms with Gasteiger partial charge in [0.15, 0.2) is 6.10 Å². The van der Waals surface area contributed by atoms with Gasteiger partial charge in [0.25, 0.3) is 5.91 Å². The van der Waals surface area contributed by atoms with Crippen molar-refractivity contribution in [3.05, 3.63) is 64.7 Å². The molecule has 130 valence electrons. The lowest BCUT2D eigenvalue weighted by atomic mass is 10.1. The first-order chi connectivity index (χ1) is 11.9. The summed E-state index contributed by atoms with van der Waals surface area (Å²) in [6.07, 6.45) is 2.02. The Hall–Kier alpha value is -2.76. The molecule has 3 rings (SSSR count). The summed E-state index contributed by atoms with van der Waals surface area (Å²) in [5, 5.41) is 2.69. The minimum Gasteiger partial charge on any atom is -0.449 e. The van der Waals surface area contributed by atoms with Crippen LogP contribution in [0.4, 0.5) is 14.5 Å². The zero-order valence-electron chi connectivity index (χ0n) is 13.6. The number of carbonyl (C=O) groups excluding carboxylic acids is 2. The highest BCUT2D eigenvalue weighted by molar-refractivity contribution is 5.97. The number of fused-ring (bicyclic) bond motifs is 1. The predicted molar refractivity (Wildman–Crippen MR) is 88.3 cm³/mol. The summed E-state index contributed by atoms with van der Waals surface area (Å²) >= 11 is 0. The molecule has 0 fully saturated rings. The van der Waals surface area contributed by atoms with E-state index in [0.717, 1.165) is 31.4 Å². The molecule has 1 aliphatic rings. The van der Waals surface area contributed by atoms with Crippen molar-refractivity contribution >= 4 is 17.6 Å². The van der Waals surface area contributed by atoms with Crippen LogP contribution >= 0.6 is 0 Å². The number of benzene rings is 2. The first kappa shape index (κ1) is 17.1. The van der Waals surface area contributed by atoms with E-state index in [1.165, 1.54) is 18.1 Å². The average molecular weight is 345 g/mol. The number of halogens is 2. The van der Waals surface area contributed by atoms with Crippen LogP contribution in [0, 0.1) is 11.6 Å². The maximum absolute atomic E-state index is 13.2. The third-order valence-corrected chi connectivity index (χ3v) is 4.12. The summed E-state index contributed by atoms with van der Waals surface area (Å²) in [5.41, 5.74) is 2.84. The van der Waals surface area contributed by atoms with E-state index in [9.17, 15) is 18.4 Å². The summed E-state index contributed by atoms with van der Waals surface area (Å²) in [7, 11) is 0. The molecule has 1 amide bonds. The molecule has 2 aromatic rings. The lowest BCUT2D eigenvalue weighted by molar-refractivity contribution is -0.123. The van der Waals surface area contributed by atoms with Gasteiger partial charge in [-0.3, -0.25) is 4.79 Å². The van der Waals surface area contributed by atoms with Crippen LogP contribution in [0.25, 0.3) is 0 Å². The Morgan fingerprint density at radius 1 is 1.04 bits per heavy atom. The summed E-state index contributed by atoms with van der Waals surface area (Å²) in [6.45, 7) is 1.40. The number of esters is 1. The SMILES string of the molecule is C[C@@H](OC(=O)c1cc(F)cc(F)c1)C(=O)Nc1ccc2c(c1)CCC2. The largest absolute Gasteiger partial charge is 0.449 e. The Balaban J connectivity index is 1.63. The molecule has 2 aromatic carbocycles. The molecule has 4 nitrogen and oxygen atoms in total. The topological polar surface area (TPSA) is 55.4 Å². The summed E-state index contributed by atoms with van der Waals surface area (Å²) in [6, 6.07) is 8.06. The molecule has 1 atom stereocenters. The molecule has 0 saturated heterocycles. The van der Waals surface area contributed by atoms with Crippen LogP contribution in [-0.4, -0.2) is 18.0 Å². The lowest BCUT2D eigenvalue weighted by Gasteiger charge is -2.14. The van der Waals surface area contributed by atoms with Crippen molar-refractivity contribution in [2.24, 2.45) is 0 Å². The van der Waals surface area contributed by atoms with E-state index in [0.29, 0.717) is 11.8 Å². The summed E-state index contributed by atoms with van der Waals surface area (Å²) in [4.78, 5) is 24.1. The number of amides is 1. The number of anilines is 1. The van der Waals surface area contributed by atoms with Gasteiger partial charge >= 0.3 is 5.97 Å². The molecule has 0 spiro atoms. The van der Waals surface area contributed by atoms with Gasteiger partial charge in [-0.15, -0.1) is 0 Å². The Morgan fingerprint density at radius 2 is 1.72 bits per heavy atom. The fraction of sp³-hybridized carbons (Fsp3) is 0.263. The van der Waals surface area contributed by atoms with Crippen LogP contribution in [0.15, 0.2) is 36.4 Å². The first-order valence-electron chi connectivity index (χ1n) is 8.02. The van der Waals surface area contributed by atoms with E-state index in [2.05, 4.69) is 5.32 Å². The van der Waals surface area contributed by atoms with Crippen LogP contribution in [0.2, 0.25) is 0 Å². The van der Waals surface area contributed by atoms with Gasteiger partial charge < -0.3 is 10.1 Å². The maximum Gasteiger partial charge on any atom is 0.339 e. The van der Waals surface area contributed by atoms with Crippen molar-refractivity contribution in [1.29, 1.82) is 0 Å². The quantitative estimate of drug-likeness (QED) is 0.861. The van der Waals surface area contributed by atoms with E-state index in [1.807, 2.05) is 12.1 Å². The Labute approximate surface area is 143 Å². The number of rotatable bonds is 4. The second-order valence-electron chi connectivity index (χ2n) is 6.03. The predicted octanol–water partition coefficient (Wildman–Crippen LogP) is 3.64. The number of aryl methyl sites for hydroxylation is 2. The fourth-order valence-electron chi connectivity index (χ4n) is 2.85. The average Bonchev–Trinajstić information content (AvgIpc) is 3.01. The van der Waals surface area contributed by atoms with Crippen molar-refractivity contribution in [3.63, 3.8) is 0 Å². The van der Waals surface area contributed by atoms with Crippen LogP contribution in [-0.2, 0) is 22.4 Å². The number of carbonyl (C=O) groups is 2. The minimum atomic E-state index is -1.10. The third kappa shape index (κ3) is 4.02. The van der Waals surface area contributed by atoms with Gasteiger partial charge in [0.1, 0.15) is 11.6 Å². The maximum atomic E-state index is 13.2. The minimum absolute atomic E-state index is 0.283. The van der Waals surface area contributed by atoms with Gasteiger partial charge in [-0.1, -0.05) is 6.07 Å². The molecular formula is C19H17F2NO3. The van der Waals surface area contributed by atoms with Gasteiger partial charge in [-0.25, -0.2) is 13.6 Å². The van der Waals surface area contributed by atoms with Gasteiger partial charge in [0.2, 0.25) is 0 Å². The van der Waals surface area contributed by atoms with Crippen LogP contribution in [0.3, 0.4) is 0 Å². The fourth-order valence-corrected chi connectivity index (χ4v) is 2.85. The van der Waals surface area contributed by atoms with E-state index < -0.39 is 29.6 Å². The molecule has 0 radical (unpaired) electrons. The highest BCUT2D eigenvalue weighted by atomic mass is 19.1. The van der Waals surface area contributed by atoms with Gasteiger partial charge in [-0.05, 0) is 61.6 Å². The molecule has 0 unspecified atom stereocenters. The molecule has 0 aliphatic heterocycles. The van der Waals surface area contributed by atoms with Crippen molar-refractivity contribution in [3.8, 4) is 0 Å². The number of hydrogen-bond donors (Lipinski definition) is 1. The zero-order chi connectivity index (χ0) is 18.0. The second kappa shape index (κ2) is 7.01. The normalized spacial score (nSPS) is 13.9. The zero-order valence-corrected chi connectivity index (χ0v) is 13.6.